The van der Waals surface area contributed by atoms with Crippen molar-refractivity contribution < 1.29 is 32.2 Å². The monoisotopic (exact) mass is 487 g/mol. The van der Waals surface area contributed by atoms with Crippen LogP contribution in [0.15, 0.2) is 18.3 Å². The number of morpholine rings is 1. The van der Waals surface area contributed by atoms with Crippen molar-refractivity contribution in [3.8, 4) is 11.5 Å². The van der Waals surface area contributed by atoms with E-state index in [0.29, 0.717) is 55.2 Å². The second-order valence-corrected chi connectivity index (χ2v) is 6.86. The van der Waals surface area contributed by atoms with Crippen LogP contribution in [0.4, 0.5) is 30.6 Å². The Hall–Kier alpha value is -3.28. The van der Waals surface area contributed by atoms with Crippen LogP contribution in [0.5, 0.6) is 11.5 Å². The first-order valence-corrected chi connectivity index (χ1v) is 9.76. The van der Waals surface area contributed by atoms with Crippen molar-refractivity contribution >= 4 is 23.4 Å². The zero-order valence-electron chi connectivity index (χ0n) is 17.9. The van der Waals surface area contributed by atoms with Crippen LogP contribution in [0, 0.1) is 0 Å². The molecule has 12 heteroatoms. The Bertz CT molecular complexity index is 966. The average Bonchev–Trinajstić information content (AvgIpc) is 2.79. The van der Waals surface area contributed by atoms with E-state index < -0.39 is 11.7 Å². The molecule has 1 aromatic heterocycles. The van der Waals surface area contributed by atoms with Gasteiger partial charge in [0.1, 0.15) is 22.9 Å². The number of alkyl halides is 3. The van der Waals surface area contributed by atoms with Gasteiger partial charge in [0, 0.05) is 38.0 Å². The molecule has 2 aromatic rings. The van der Waals surface area contributed by atoms with Gasteiger partial charge in [-0.1, -0.05) is 14.9 Å². The molecule has 0 atom stereocenters. The van der Waals surface area contributed by atoms with Crippen molar-refractivity contribution in [2.45, 2.75) is 27.5 Å². The van der Waals surface area contributed by atoms with Crippen molar-refractivity contribution in [3.05, 3.63) is 29.5 Å². The molecule has 1 saturated heterocycles. The van der Waals surface area contributed by atoms with Crippen LogP contribution >= 0.6 is 0 Å². The topological polar surface area (TPSA) is 97.8 Å². The minimum atomic E-state index is -4.59. The number of aromatic nitrogens is 2. The number of benzene rings is 1. The predicted octanol–water partition coefficient (Wildman–Crippen LogP) is 3.97. The fraction of sp³-hybridized carbons (Fsp3) is 0.500. The fourth-order valence-corrected chi connectivity index (χ4v) is 3.24. The number of halogens is 3. The molecule has 0 radical (unpaired) electrons. The van der Waals surface area contributed by atoms with Gasteiger partial charge in [0.2, 0.25) is 11.9 Å². The lowest BCUT2D eigenvalue weighted by Crippen LogP contribution is -2.41. The van der Waals surface area contributed by atoms with Gasteiger partial charge < -0.3 is 29.7 Å². The maximum atomic E-state index is 13.1. The van der Waals surface area contributed by atoms with E-state index in [-0.39, 0.29) is 38.9 Å². The quantitative estimate of drug-likeness (QED) is 0.606. The molecule has 34 heavy (non-hydrogen) atoms. The smallest absolute Gasteiger partial charge is 0.421 e. The van der Waals surface area contributed by atoms with Crippen LogP contribution in [-0.4, -0.2) is 68.3 Å². The molecule has 1 aliphatic heterocycles. The summed E-state index contributed by atoms with van der Waals surface area (Å²) in [6.45, 7) is 2.04. The van der Waals surface area contributed by atoms with Crippen molar-refractivity contribution in [2.75, 3.05) is 58.2 Å². The molecule has 9 nitrogen and oxygen atoms in total. The normalized spacial score (nSPS) is 13.3. The number of nitrogens with one attached hydrogen (secondary N) is 2. The summed E-state index contributed by atoms with van der Waals surface area (Å²) in [6.07, 6.45) is -3.80. The third-order valence-electron chi connectivity index (χ3n) is 4.89. The Morgan fingerprint density at radius 3 is 2.35 bits per heavy atom. The van der Waals surface area contributed by atoms with Gasteiger partial charge in [0.25, 0.3) is 0 Å². The maximum Gasteiger partial charge on any atom is 0.421 e. The van der Waals surface area contributed by atoms with Crippen molar-refractivity contribution in [3.63, 3.8) is 0 Å². The summed E-state index contributed by atoms with van der Waals surface area (Å²) in [5.74, 6) is 0.258. The highest BCUT2D eigenvalue weighted by atomic mass is 19.4. The second-order valence-electron chi connectivity index (χ2n) is 6.86. The van der Waals surface area contributed by atoms with Crippen molar-refractivity contribution in [1.82, 2.24) is 14.9 Å². The zero-order valence-corrected chi connectivity index (χ0v) is 17.9. The Morgan fingerprint density at radius 1 is 1.15 bits per heavy atom. The number of rotatable bonds is 7. The Labute approximate surface area is 197 Å². The van der Waals surface area contributed by atoms with E-state index in [2.05, 4.69) is 20.6 Å². The molecule has 1 aliphatic rings. The first-order valence-electron chi connectivity index (χ1n) is 9.76. The Morgan fingerprint density at radius 2 is 1.79 bits per heavy atom. The Kier molecular flexibility index (Phi) is 10.4. The molecular weight excluding hydrogens is 455 g/mol. The zero-order chi connectivity index (χ0) is 23.3. The number of methoxy groups -OCH3 is 2. The SMILES string of the molecule is C.C.CNc1nc(Nc2cc(OC)c(CC(=O)N3CCOCC3)cc2OC)ncc1C(F)(F)F. The van der Waals surface area contributed by atoms with E-state index >= 15 is 0 Å². The number of amides is 1. The number of hydrogen-bond acceptors (Lipinski definition) is 8. The average molecular weight is 488 g/mol. The first kappa shape index (κ1) is 28.8. The standard InChI is InChI=1S/C20H24F3N5O4.2CH4/c1-24-18-13(20(21,22)23)11-25-19(27-18)26-14-10-15(30-2)12(8-16(14)31-3)9-17(29)28-4-6-32-7-5-28;;/h8,10-11H,4-7,9H2,1-3H3,(H2,24,25,26,27);2*1H4. The van der Waals surface area contributed by atoms with Gasteiger partial charge in [0.15, 0.2) is 0 Å². The van der Waals surface area contributed by atoms with Crippen LogP contribution in [0.1, 0.15) is 26.0 Å². The van der Waals surface area contributed by atoms with Crippen LogP contribution in [0.2, 0.25) is 0 Å². The highest BCUT2D eigenvalue weighted by Crippen LogP contribution is 2.37. The van der Waals surface area contributed by atoms with E-state index in [1.807, 2.05) is 0 Å². The van der Waals surface area contributed by atoms with Gasteiger partial charge in [0.05, 0.1) is 39.5 Å². The summed E-state index contributed by atoms with van der Waals surface area (Å²) >= 11 is 0. The molecule has 2 N–H and O–H groups in total. The predicted molar refractivity (Wildman–Crippen MR) is 124 cm³/mol. The number of hydrogen-bond donors (Lipinski definition) is 2. The minimum absolute atomic E-state index is 0. The fourth-order valence-electron chi connectivity index (χ4n) is 3.24. The van der Waals surface area contributed by atoms with Crippen LogP contribution in [0.25, 0.3) is 0 Å². The lowest BCUT2D eigenvalue weighted by molar-refractivity contribution is -0.137. The van der Waals surface area contributed by atoms with Gasteiger partial charge in [-0.15, -0.1) is 0 Å². The van der Waals surface area contributed by atoms with Crippen LogP contribution < -0.4 is 20.1 Å². The van der Waals surface area contributed by atoms with E-state index in [4.69, 9.17) is 14.2 Å². The molecule has 0 unspecified atom stereocenters. The highest BCUT2D eigenvalue weighted by molar-refractivity contribution is 5.81. The van der Waals surface area contributed by atoms with Crippen LogP contribution in [-0.2, 0) is 22.1 Å². The highest BCUT2D eigenvalue weighted by Gasteiger charge is 2.35. The third-order valence-corrected chi connectivity index (χ3v) is 4.89. The first-order chi connectivity index (χ1) is 15.3. The summed E-state index contributed by atoms with van der Waals surface area (Å²) in [5.41, 5.74) is -0.00329. The number of nitrogens with zero attached hydrogens (tertiary/aromatic N) is 3. The van der Waals surface area contributed by atoms with E-state index in [9.17, 15) is 18.0 Å². The summed E-state index contributed by atoms with van der Waals surface area (Å²) in [6, 6.07) is 3.23. The summed E-state index contributed by atoms with van der Waals surface area (Å²) in [4.78, 5) is 22.0. The van der Waals surface area contributed by atoms with Crippen LogP contribution in [0.3, 0.4) is 0 Å². The number of ether oxygens (including phenoxy) is 3. The molecule has 190 valence electrons. The van der Waals surface area contributed by atoms with E-state index in [1.165, 1.54) is 21.3 Å². The molecule has 2 heterocycles. The van der Waals surface area contributed by atoms with E-state index in [1.54, 1.807) is 17.0 Å². The summed E-state index contributed by atoms with van der Waals surface area (Å²) in [5, 5.41) is 5.27. The van der Waals surface area contributed by atoms with Gasteiger partial charge >= 0.3 is 6.18 Å². The lowest BCUT2D eigenvalue weighted by Gasteiger charge is -2.27. The molecule has 0 saturated carbocycles. The van der Waals surface area contributed by atoms with Gasteiger partial charge in [-0.2, -0.15) is 18.2 Å². The molecular formula is C22H32F3N5O4. The van der Waals surface area contributed by atoms with Gasteiger partial charge in [-0.3, -0.25) is 4.79 Å². The van der Waals surface area contributed by atoms with Crippen molar-refractivity contribution in [2.24, 2.45) is 0 Å². The molecule has 1 amide bonds. The summed E-state index contributed by atoms with van der Waals surface area (Å²) < 4.78 is 55.3. The molecule has 0 bridgehead atoms. The maximum absolute atomic E-state index is 13.1. The molecule has 0 aliphatic carbocycles. The largest absolute Gasteiger partial charge is 0.496 e. The molecule has 0 spiro atoms. The molecule has 1 aromatic carbocycles. The number of carbonyl (C=O) groups excluding carboxylic acids is 1. The second kappa shape index (κ2) is 12.3. The Balaban J connectivity index is 0.00000289. The van der Waals surface area contributed by atoms with Crippen molar-refractivity contribution in [1.29, 1.82) is 0 Å². The number of anilines is 3. The minimum Gasteiger partial charge on any atom is -0.496 e. The van der Waals surface area contributed by atoms with Gasteiger partial charge in [-0.05, 0) is 6.07 Å². The van der Waals surface area contributed by atoms with E-state index in [0.717, 1.165) is 0 Å². The number of carbonyl (C=O) groups is 1. The van der Waals surface area contributed by atoms with Gasteiger partial charge in [-0.25, -0.2) is 4.98 Å². The lowest BCUT2D eigenvalue weighted by atomic mass is 10.1. The summed E-state index contributed by atoms with van der Waals surface area (Å²) in [7, 11) is 4.24. The third kappa shape index (κ3) is 6.62. The molecule has 1 fully saturated rings. The molecule has 3 rings (SSSR count).